The van der Waals surface area contributed by atoms with Gasteiger partial charge in [0.1, 0.15) is 0 Å². The van der Waals surface area contributed by atoms with Gasteiger partial charge in [-0.05, 0) is 37.1 Å². The number of nitrogens with one attached hydrogen (secondary N) is 1. The molecule has 16 heavy (non-hydrogen) atoms. The molecule has 1 heterocycles. The van der Waals surface area contributed by atoms with Crippen LogP contribution in [-0.2, 0) is 11.3 Å². The van der Waals surface area contributed by atoms with E-state index < -0.39 is 0 Å². The highest BCUT2D eigenvalue weighted by Crippen LogP contribution is 2.21. The third kappa shape index (κ3) is 2.89. The second-order valence-corrected chi connectivity index (χ2v) is 4.93. The van der Waals surface area contributed by atoms with Gasteiger partial charge in [-0.3, -0.25) is 0 Å². The Morgan fingerprint density at radius 2 is 2.25 bits per heavy atom. The Balaban J connectivity index is 1.96. The molecular formula is C12H15Cl2NO. The van der Waals surface area contributed by atoms with E-state index in [-0.39, 0.29) is 6.10 Å². The van der Waals surface area contributed by atoms with Crippen LogP contribution in [0.4, 0.5) is 0 Å². The fraction of sp³-hybridized carbons (Fsp3) is 0.500. The second-order valence-electron chi connectivity index (χ2n) is 4.09. The van der Waals surface area contributed by atoms with Crippen LogP contribution in [0.15, 0.2) is 18.2 Å². The molecule has 0 saturated carbocycles. The van der Waals surface area contributed by atoms with Gasteiger partial charge in [-0.25, -0.2) is 0 Å². The quantitative estimate of drug-likeness (QED) is 0.900. The van der Waals surface area contributed by atoms with Gasteiger partial charge >= 0.3 is 0 Å². The van der Waals surface area contributed by atoms with Crippen LogP contribution in [-0.4, -0.2) is 18.8 Å². The third-order valence-corrected chi connectivity index (χ3v) is 3.54. The van der Waals surface area contributed by atoms with Crippen LogP contribution in [0.3, 0.4) is 0 Å². The fourth-order valence-corrected chi connectivity index (χ4v) is 2.30. The first-order chi connectivity index (χ1) is 7.66. The van der Waals surface area contributed by atoms with Gasteiger partial charge < -0.3 is 10.1 Å². The van der Waals surface area contributed by atoms with Crippen LogP contribution in [0.1, 0.15) is 18.9 Å². The Morgan fingerprint density at radius 1 is 1.44 bits per heavy atom. The largest absolute Gasteiger partial charge is 0.377 e. The smallest absolute Gasteiger partial charge is 0.0700 e. The van der Waals surface area contributed by atoms with Crippen molar-refractivity contribution in [1.82, 2.24) is 5.32 Å². The molecule has 0 spiro atoms. The van der Waals surface area contributed by atoms with Crippen molar-refractivity contribution in [2.24, 2.45) is 0 Å². The van der Waals surface area contributed by atoms with Gasteiger partial charge in [-0.15, -0.1) is 0 Å². The number of rotatable bonds is 3. The molecule has 0 aliphatic carbocycles. The van der Waals surface area contributed by atoms with E-state index in [1.54, 1.807) is 6.07 Å². The molecule has 1 aliphatic rings. The SMILES string of the molecule is CC1OCCC1NCc1cc(Cl)ccc1Cl. The van der Waals surface area contributed by atoms with Gasteiger partial charge in [0.15, 0.2) is 0 Å². The molecule has 2 atom stereocenters. The summed E-state index contributed by atoms with van der Waals surface area (Å²) in [5, 5.41) is 4.92. The van der Waals surface area contributed by atoms with Crippen molar-refractivity contribution in [3.8, 4) is 0 Å². The van der Waals surface area contributed by atoms with Gasteiger partial charge in [0.25, 0.3) is 0 Å². The van der Waals surface area contributed by atoms with E-state index in [1.807, 2.05) is 12.1 Å². The maximum Gasteiger partial charge on any atom is 0.0700 e. The summed E-state index contributed by atoms with van der Waals surface area (Å²) in [6, 6.07) is 5.94. The average Bonchev–Trinajstić information content (AvgIpc) is 2.66. The maximum absolute atomic E-state index is 6.09. The zero-order valence-corrected chi connectivity index (χ0v) is 10.7. The molecule has 1 aromatic rings. The van der Waals surface area contributed by atoms with E-state index in [4.69, 9.17) is 27.9 Å². The summed E-state index contributed by atoms with van der Waals surface area (Å²) in [5.74, 6) is 0. The molecule has 1 aliphatic heterocycles. The first kappa shape index (κ1) is 12.2. The normalized spacial score (nSPS) is 24.9. The lowest BCUT2D eigenvalue weighted by molar-refractivity contribution is 0.113. The van der Waals surface area contributed by atoms with Gasteiger partial charge in [0.05, 0.1) is 6.10 Å². The van der Waals surface area contributed by atoms with E-state index in [0.29, 0.717) is 6.04 Å². The number of hydrogen-bond donors (Lipinski definition) is 1. The van der Waals surface area contributed by atoms with Crippen LogP contribution >= 0.6 is 23.2 Å². The van der Waals surface area contributed by atoms with Gasteiger partial charge in [0.2, 0.25) is 0 Å². The highest BCUT2D eigenvalue weighted by molar-refractivity contribution is 6.33. The molecule has 0 radical (unpaired) electrons. The van der Waals surface area contributed by atoms with Crippen molar-refractivity contribution in [2.75, 3.05) is 6.61 Å². The van der Waals surface area contributed by atoms with Crippen LogP contribution in [0.2, 0.25) is 10.0 Å². The molecular weight excluding hydrogens is 245 g/mol. The van der Waals surface area contributed by atoms with Crippen molar-refractivity contribution in [1.29, 1.82) is 0 Å². The number of ether oxygens (including phenoxy) is 1. The fourth-order valence-electron chi connectivity index (χ4n) is 1.92. The monoisotopic (exact) mass is 259 g/mol. The summed E-state index contributed by atoms with van der Waals surface area (Å²) in [5.41, 5.74) is 1.04. The first-order valence-electron chi connectivity index (χ1n) is 5.46. The molecule has 4 heteroatoms. The summed E-state index contributed by atoms with van der Waals surface area (Å²) in [7, 11) is 0. The molecule has 0 bridgehead atoms. The molecule has 1 fully saturated rings. The first-order valence-corrected chi connectivity index (χ1v) is 6.21. The number of benzene rings is 1. The lowest BCUT2D eigenvalue weighted by atomic mass is 10.1. The van der Waals surface area contributed by atoms with E-state index in [2.05, 4.69) is 12.2 Å². The summed E-state index contributed by atoms with van der Waals surface area (Å²) in [6.45, 7) is 3.66. The average molecular weight is 260 g/mol. The number of halogens is 2. The van der Waals surface area contributed by atoms with Crippen molar-refractivity contribution < 1.29 is 4.74 Å². The van der Waals surface area contributed by atoms with Crippen LogP contribution in [0.5, 0.6) is 0 Å². The highest BCUT2D eigenvalue weighted by atomic mass is 35.5. The molecule has 88 valence electrons. The van der Waals surface area contributed by atoms with Gasteiger partial charge in [-0.2, -0.15) is 0 Å². The Morgan fingerprint density at radius 3 is 2.94 bits per heavy atom. The minimum absolute atomic E-state index is 0.276. The molecule has 1 saturated heterocycles. The van der Waals surface area contributed by atoms with Crippen molar-refractivity contribution >= 4 is 23.2 Å². The van der Waals surface area contributed by atoms with Crippen LogP contribution in [0.25, 0.3) is 0 Å². The highest BCUT2D eigenvalue weighted by Gasteiger charge is 2.23. The van der Waals surface area contributed by atoms with Crippen LogP contribution in [0, 0.1) is 0 Å². The minimum atomic E-state index is 0.276. The summed E-state index contributed by atoms with van der Waals surface area (Å²) in [6.07, 6.45) is 1.33. The van der Waals surface area contributed by atoms with E-state index >= 15 is 0 Å². The standard InChI is InChI=1S/C12H15Cl2NO/c1-8-12(4-5-16-8)15-7-9-6-10(13)2-3-11(9)14/h2-3,6,8,12,15H,4-5,7H2,1H3. The molecule has 1 N–H and O–H groups in total. The number of hydrogen-bond acceptors (Lipinski definition) is 2. The lowest BCUT2D eigenvalue weighted by Gasteiger charge is -2.16. The zero-order chi connectivity index (χ0) is 11.5. The molecule has 2 rings (SSSR count). The summed E-state index contributed by atoms with van der Waals surface area (Å²) in [4.78, 5) is 0. The Kier molecular flexibility index (Phi) is 4.09. The molecule has 0 amide bonds. The Hall–Kier alpha value is -0.280. The topological polar surface area (TPSA) is 21.3 Å². The Bertz CT molecular complexity index is 370. The van der Waals surface area contributed by atoms with E-state index in [1.165, 1.54) is 0 Å². The molecule has 0 aromatic heterocycles. The van der Waals surface area contributed by atoms with E-state index in [0.717, 1.165) is 35.2 Å². The summed E-state index contributed by atoms with van der Waals surface area (Å²) >= 11 is 12.0. The molecule has 2 unspecified atom stereocenters. The zero-order valence-electron chi connectivity index (χ0n) is 9.17. The van der Waals surface area contributed by atoms with Crippen molar-refractivity contribution in [2.45, 2.75) is 32.0 Å². The second kappa shape index (κ2) is 5.37. The predicted octanol–water partition coefficient (Wildman–Crippen LogP) is 3.26. The minimum Gasteiger partial charge on any atom is -0.377 e. The maximum atomic E-state index is 6.09. The van der Waals surface area contributed by atoms with Crippen LogP contribution < -0.4 is 5.32 Å². The third-order valence-electron chi connectivity index (χ3n) is 2.94. The molecule has 2 nitrogen and oxygen atoms in total. The predicted molar refractivity (Wildman–Crippen MR) is 67.1 cm³/mol. The van der Waals surface area contributed by atoms with Crippen molar-refractivity contribution in [3.63, 3.8) is 0 Å². The lowest BCUT2D eigenvalue weighted by Crippen LogP contribution is -2.34. The van der Waals surface area contributed by atoms with Gasteiger partial charge in [0, 0.05) is 29.2 Å². The molecule has 1 aromatic carbocycles. The summed E-state index contributed by atoms with van der Waals surface area (Å²) < 4.78 is 5.49. The van der Waals surface area contributed by atoms with E-state index in [9.17, 15) is 0 Å². The van der Waals surface area contributed by atoms with Crippen molar-refractivity contribution in [3.05, 3.63) is 33.8 Å². The Labute approximate surface area is 106 Å². The van der Waals surface area contributed by atoms with Gasteiger partial charge in [-0.1, -0.05) is 23.2 Å².